The number of nitrogens with zero attached hydrogens (tertiary/aromatic N) is 3. The van der Waals surface area contributed by atoms with Crippen LogP contribution in [0.2, 0.25) is 0 Å². The average Bonchev–Trinajstić information content (AvgIpc) is 3.26. The number of amides is 1. The number of methoxy groups -OCH3 is 1. The Morgan fingerprint density at radius 3 is 2.65 bits per heavy atom. The summed E-state index contributed by atoms with van der Waals surface area (Å²) >= 11 is 0. The molecule has 2 saturated heterocycles. The topological polar surface area (TPSA) is 68.0 Å². The molecule has 4 heterocycles. The predicted octanol–water partition coefficient (Wildman–Crippen LogP) is 5.95. The molecular formula is C30H39N3O4. The second kappa shape index (κ2) is 11.1. The standard InChI is InChI=1S/C30H39N3O4/c1-30(2)19-23(12-16-37-30)29(34)33(21-26-9-8-15-36-26)20-24-17-22-10-11-25(35-3)18-27(22)31-28(24)32-13-6-4-5-7-14-32/h8-11,15,17-18,23H,4-7,12-14,16,19-21H2,1-3H3. The minimum Gasteiger partial charge on any atom is -0.497 e. The molecule has 0 bridgehead atoms. The zero-order valence-corrected chi connectivity index (χ0v) is 22.4. The Morgan fingerprint density at radius 1 is 1.14 bits per heavy atom. The van der Waals surface area contributed by atoms with Gasteiger partial charge in [0.05, 0.1) is 31.0 Å². The molecule has 0 spiro atoms. The van der Waals surface area contributed by atoms with E-state index < -0.39 is 0 Å². The van der Waals surface area contributed by atoms with E-state index in [0.29, 0.717) is 19.7 Å². The van der Waals surface area contributed by atoms with Crippen molar-refractivity contribution >= 4 is 22.6 Å². The highest BCUT2D eigenvalue weighted by Gasteiger charge is 2.35. The second-order valence-corrected chi connectivity index (χ2v) is 11.0. The van der Waals surface area contributed by atoms with Crippen LogP contribution in [0.25, 0.3) is 10.9 Å². The molecule has 1 unspecified atom stereocenters. The van der Waals surface area contributed by atoms with E-state index in [-0.39, 0.29) is 17.4 Å². The summed E-state index contributed by atoms with van der Waals surface area (Å²) in [6.45, 7) is 7.63. The van der Waals surface area contributed by atoms with E-state index in [1.807, 2.05) is 29.2 Å². The van der Waals surface area contributed by atoms with Crippen LogP contribution in [0.1, 0.15) is 63.7 Å². The molecular weight excluding hydrogens is 466 g/mol. The molecule has 2 fully saturated rings. The molecule has 3 aromatic rings. The fraction of sp³-hybridized carbons (Fsp3) is 0.533. The first kappa shape index (κ1) is 25.6. The zero-order valence-electron chi connectivity index (χ0n) is 22.4. The Morgan fingerprint density at radius 2 is 1.95 bits per heavy atom. The summed E-state index contributed by atoms with van der Waals surface area (Å²) in [5, 5.41) is 1.05. The van der Waals surface area contributed by atoms with Crippen LogP contribution in [0, 0.1) is 5.92 Å². The maximum Gasteiger partial charge on any atom is 0.226 e. The minimum absolute atomic E-state index is 0.0713. The van der Waals surface area contributed by atoms with Gasteiger partial charge in [0.15, 0.2) is 0 Å². The summed E-state index contributed by atoms with van der Waals surface area (Å²) in [5.41, 5.74) is 1.69. The van der Waals surface area contributed by atoms with Gasteiger partial charge in [0, 0.05) is 49.2 Å². The fourth-order valence-electron chi connectivity index (χ4n) is 5.69. The van der Waals surface area contributed by atoms with Gasteiger partial charge in [0.1, 0.15) is 17.3 Å². The first-order valence-electron chi connectivity index (χ1n) is 13.6. The van der Waals surface area contributed by atoms with Crippen molar-refractivity contribution in [2.75, 3.05) is 31.7 Å². The van der Waals surface area contributed by atoms with Gasteiger partial charge in [-0.3, -0.25) is 4.79 Å². The molecule has 1 amide bonds. The van der Waals surface area contributed by atoms with Gasteiger partial charge in [-0.2, -0.15) is 0 Å². The number of furan rings is 1. The zero-order chi connectivity index (χ0) is 25.8. The van der Waals surface area contributed by atoms with Crippen LogP contribution in [-0.4, -0.2) is 48.2 Å². The van der Waals surface area contributed by atoms with Crippen LogP contribution in [-0.2, 0) is 22.6 Å². The Balaban J connectivity index is 1.52. The highest BCUT2D eigenvalue weighted by molar-refractivity contribution is 5.84. The maximum absolute atomic E-state index is 14.0. The summed E-state index contributed by atoms with van der Waals surface area (Å²) < 4.78 is 17.1. The summed E-state index contributed by atoms with van der Waals surface area (Å²) in [4.78, 5) is 23.5. The third-order valence-corrected chi connectivity index (χ3v) is 7.63. The second-order valence-electron chi connectivity index (χ2n) is 11.0. The molecule has 1 aromatic carbocycles. The molecule has 7 nitrogen and oxygen atoms in total. The van der Waals surface area contributed by atoms with E-state index in [1.54, 1.807) is 13.4 Å². The minimum atomic E-state index is -0.296. The molecule has 1 atom stereocenters. The number of anilines is 1. The van der Waals surface area contributed by atoms with Crippen LogP contribution < -0.4 is 9.64 Å². The average molecular weight is 506 g/mol. The SMILES string of the molecule is COc1ccc2cc(CN(Cc3ccco3)C(=O)C3CCOC(C)(C)C3)c(N3CCCCCC3)nc2c1. The van der Waals surface area contributed by atoms with E-state index >= 15 is 0 Å². The molecule has 5 rings (SSSR count). The van der Waals surface area contributed by atoms with E-state index in [2.05, 4.69) is 30.9 Å². The number of ether oxygens (including phenoxy) is 2. The summed E-state index contributed by atoms with van der Waals surface area (Å²) in [5.74, 6) is 2.65. The first-order chi connectivity index (χ1) is 17.9. The monoisotopic (exact) mass is 505 g/mol. The number of carbonyl (C=O) groups is 1. The smallest absolute Gasteiger partial charge is 0.226 e. The molecule has 2 aliphatic rings. The molecule has 0 aliphatic carbocycles. The van der Waals surface area contributed by atoms with Crippen molar-refractivity contribution in [2.45, 2.75) is 71.1 Å². The summed E-state index contributed by atoms with van der Waals surface area (Å²) in [7, 11) is 1.68. The molecule has 7 heteroatoms. The normalized spacial score (nSPS) is 20.0. The lowest BCUT2D eigenvalue weighted by Gasteiger charge is -2.37. The van der Waals surface area contributed by atoms with Gasteiger partial charge in [0.25, 0.3) is 0 Å². The number of carbonyl (C=O) groups excluding carboxylic acids is 1. The lowest BCUT2D eigenvalue weighted by atomic mass is 9.87. The third-order valence-electron chi connectivity index (χ3n) is 7.63. The first-order valence-corrected chi connectivity index (χ1v) is 13.6. The third kappa shape index (κ3) is 6.09. The lowest BCUT2D eigenvalue weighted by Crippen LogP contribution is -2.43. The van der Waals surface area contributed by atoms with Gasteiger partial charge in [-0.25, -0.2) is 4.98 Å². The van der Waals surface area contributed by atoms with Crippen molar-refractivity contribution in [1.82, 2.24) is 9.88 Å². The van der Waals surface area contributed by atoms with Crippen molar-refractivity contribution in [1.29, 1.82) is 0 Å². The lowest BCUT2D eigenvalue weighted by molar-refractivity contribution is -0.147. The van der Waals surface area contributed by atoms with Crippen LogP contribution in [0.4, 0.5) is 5.82 Å². The van der Waals surface area contributed by atoms with Crippen molar-refractivity contribution in [3.63, 3.8) is 0 Å². The van der Waals surface area contributed by atoms with Crippen molar-refractivity contribution in [2.24, 2.45) is 5.92 Å². The number of pyridine rings is 1. The number of aromatic nitrogens is 1. The highest BCUT2D eigenvalue weighted by Crippen LogP contribution is 2.33. The molecule has 198 valence electrons. The van der Waals surface area contributed by atoms with Gasteiger partial charge in [-0.15, -0.1) is 0 Å². The van der Waals surface area contributed by atoms with Crippen molar-refractivity contribution < 1.29 is 18.7 Å². The van der Waals surface area contributed by atoms with Gasteiger partial charge in [0.2, 0.25) is 5.91 Å². The van der Waals surface area contributed by atoms with Crippen LogP contribution >= 0.6 is 0 Å². The van der Waals surface area contributed by atoms with Gasteiger partial charge >= 0.3 is 0 Å². The maximum atomic E-state index is 14.0. The van der Waals surface area contributed by atoms with Gasteiger partial charge in [-0.05, 0) is 69.9 Å². The van der Waals surface area contributed by atoms with E-state index in [4.69, 9.17) is 18.9 Å². The number of hydrogen-bond acceptors (Lipinski definition) is 6. The van der Waals surface area contributed by atoms with E-state index in [0.717, 1.165) is 72.6 Å². The molecule has 0 saturated carbocycles. The molecule has 2 aliphatic heterocycles. The van der Waals surface area contributed by atoms with E-state index in [9.17, 15) is 4.79 Å². The Bertz CT molecular complexity index is 1200. The molecule has 0 N–H and O–H groups in total. The molecule has 37 heavy (non-hydrogen) atoms. The quantitative estimate of drug-likeness (QED) is 0.395. The van der Waals surface area contributed by atoms with Crippen molar-refractivity contribution in [3.05, 3.63) is 54.0 Å². The summed E-state index contributed by atoms with van der Waals surface area (Å²) in [6, 6.07) is 12.0. The number of fused-ring (bicyclic) bond motifs is 1. The fourth-order valence-corrected chi connectivity index (χ4v) is 5.69. The highest BCUT2D eigenvalue weighted by atomic mass is 16.5. The number of benzene rings is 1. The Kier molecular flexibility index (Phi) is 7.70. The molecule has 0 radical (unpaired) electrons. The Labute approximate surface area is 219 Å². The Hall–Kier alpha value is -3.06. The predicted molar refractivity (Wildman–Crippen MR) is 145 cm³/mol. The van der Waals surface area contributed by atoms with E-state index in [1.165, 1.54) is 12.8 Å². The van der Waals surface area contributed by atoms with Crippen LogP contribution in [0.5, 0.6) is 5.75 Å². The largest absolute Gasteiger partial charge is 0.497 e. The van der Waals surface area contributed by atoms with Gasteiger partial charge < -0.3 is 23.7 Å². The van der Waals surface area contributed by atoms with Gasteiger partial charge in [-0.1, -0.05) is 12.8 Å². The number of hydrogen-bond donors (Lipinski definition) is 0. The summed E-state index contributed by atoms with van der Waals surface area (Å²) in [6.07, 6.45) is 7.93. The van der Waals surface area contributed by atoms with Crippen molar-refractivity contribution in [3.8, 4) is 5.75 Å². The number of rotatable bonds is 7. The molecule has 2 aromatic heterocycles. The van der Waals surface area contributed by atoms with Crippen LogP contribution in [0.3, 0.4) is 0 Å². The van der Waals surface area contributed by atoms with Crippen LogP contribution in [0.15, 0.2) is 47.1 Å².